The molecule has 1 heterocycles. The monoisotopic (exact) mass is 240 g/mol. The maximum absolute atomic E-state index is 5.74. The third-order valence-electron chi connectivity index (χ3n) is 4.75. The van der Waals surface area contributed by atoms with Crippen LogP contribution in [0.15, 0.2) is 0 Å². The molecule has 1 aliphatic carbocycles. The van der Waals surface area contributed by atoms with Crippen LogP contribution in [-0.2, 0) is 4.74 Å². The molecular formula is C14H28N2O. The van der Waals surface area contributed by atoms with Gasteiger partial charge in [0.2, 0.25) is 0 Å². The Bertz CT molecular complexity index is 226. The Labute approximate surface area is 106 Å². The molecule has 0 spiro atoms. The first-order chi connectivity index (χ1) is 8.20. The number of rotatable bonds is 4. The second-order valence-corrected chi connectivity index (χ2v) is 5.99. The van der Waals surface area contributed by atoms with Crippen LogP contribution in [-0.4, -0.2) is 43.8 Å². The van der Waals surface area contributed by atoms with Crippen LogP contribution in [0.3, 0.4) is 0 Å². The van der Waals surface area contributed by atoms with Crippen molar-refractivity contribution in [3.63, 3.8) is 0 Å². The molecule has 2 unspecified atom stereocenters. The van der Waals surface area contributed by atoms with E-state index in [0.29, 0.717) is 12.1 Å². The highest BCUT2D eigenvalue weighted by Gasteiger charge is 2.30. The summed E-state index contributed by atoms with van der Waals surface area (Å²) >= 11 is 0. The van der Waals surface area contributed by atoms with E-state index in [0.717, 1.165) is 25.0 Å². The SMILES string of the molecule is CC1OCCC1N(C)CC1CCC(CN)CC1. The lowest BCUT2D eigenvalue weighted by Crippen LogP contribution is -2.40. The molecule has 2 fully saturated rings. The van der Waals surface area contributed by atoms with Crippen molar-refractivity contribution >= 4 is 0 Å². The highest BCUT2D eigenvalue weighted by molar-refractivity contribution is 4.83. The van der Waals surface area contributed by atoms with Crippen molar-refractivity contribution in [1.82, 2.24) is 4.90 Å². The fraction of sp³-hybridized carbons (Fsp3) is 1.00. The average Bonchev–Trinajstić information content (AvgIpc) is 2.76. The fourth-order valence-corrected chi connectivity index (χ4v) is 3.49. The molecule has 1 saturated heterocycles. The molecule has 100 valence electrons. The Morgan fingerprint density at radius 3 is 2.29 bits per heavy atom. The van der Waals surface area contributed by atoms with Crippen LogP contribution in [0.1, 0.15) is 39.0 Å². The summed E-state index contributed by atoms with van der Waals surface area (Å²) in [7, 11) is 2.27. The molecule has 0 aromatic rings. The molecule has 0 radical (unpaired) electrons. The molecule has 0 amide bonds. The van der Waals surface area contributed by atoms with Crippen LogP contribution in [0.4, 0.5) is 0 Å². The van der Waals surface area contributed by atoms with Crippen LogP contribution in [0.25, 0.3) is 0 Å². The summed E-state index contributed by atoms with van der Waals surface area (Å²) in [5.41, 5.74) is 5.74. The number of nitrogens with two attached hydrogens (primary N) is 1. The number of nitrogens with zero attached hydrogens (tertiary/aromatic N) is 1. The van der Waals surface area contributed by atoms with Crippen LogP contribution >= 0.6 is 0 Å². The van der Waals surface area contributed by atoms with Gasteiger partial charge in [-0.2, -0.15) is 0 Å². The Kier molecular flexibility index (Phi) is 4.83. The van der Waals surface area contributed by atoms with Gasteiger partial charge in [-0.25, -0.2) is 0 Å². The number of hydrogen-bond acceptors (Lipinski definition) is 3. The summed E-state index contributed by atoms with van der Waals surface area (Å²) in [6.45, 7) is 5.28. The highest BCUT2D eigenvalue weighted by Crippen LogP contribution is 2.29. The molecule has 3 heteroatoms. The van der Waals surface area contributed by atoms with Gasteiger partial charge >= 0.3 is 0 Å². The van der Waals surface area contributed by atoms with E-state index in [1.807, 2.05) is 0 Å². The molecule has 0 aromatic carbocycles. The molecule has 2 rings (SSSR count). The smallest absolute Gasteiger partial charge is 0.0702 e. The van der Waals surface area contributed by atoms with E-state index in [1.165, 1.54) is 38.6 Å². The van der Waals surface area contributed by atoms with Crippen LogP contribution < -0.4 is 5.73 Å². The Morgan fingerprint density at radius 1 is 1.12 bits per heavy atom. The first-order valence-electron chi connectivity index (χ1n) is 7.22. The van der Waals surface area contributed by atoms with Crippen molar-refractivity contribution in [2.24, 2.45) is 17.6 Å². The fourth-order valence-electron chi connectivity index (χ4n) is 3.49. The lowest BCUT2D eigenvalue weighted by atomic mass is 9.81. The van der Waals surface area contributed by atoms with Crippen molar-refractivity contribution in [2.75, 3.05) is 26.7 Å². The van der Waals surface area contributed by atoms with E-state index < -0.39 is 0 Å². The van der Waals surface area contributed by atoms with E-state index >= 15 is 0 Å². The average molecular weight is 240 g/mol. The van der Waals surface area contributed by atoms with Crippen molar-refractivity contribution in [3.8, 4) is 0 Å². The Balaban J connectivity index is 1.73. The molecule has 0 aromatic heterocycles. The predicted molar refractivity (Wildman–Crippen MR) is 71.0 cm³/mol. The van der Waals surface area contributed by atoms with Crippen LogP contribution in [0, 0.1) is 11.8 Å². The van der Waals surface area contributed by atoms with E-state index in [2.05, 4.69) is 18.9 Å². The zero-order valence-corrected chi connectivity index (χ0v) is 11.4. The lowest BCUT2D eigenvalue weighted by molar-refractivity contribution is 0.0737. The van der Waals surface area contributed by atoms with Crippen LogP contribution in [0.5, 0.6) is 0 Å². The van der Waals surface area contributed by atoms with Gasteiger partial charge in [-0.15, -0.1) is 0 Å². The maximum Gasteiger partial charge on any atom is 0.0702 e. The van der Waals surface area contributed by atoms with Crippen LogP contribution in [0.2, 0.25) is 0 Å². The van der Waals surface area contributed by atoms with Crippen molar-refractivity contribution < 1.29 is 4.74 Å². The van der Waals surface area contributed by atoms with Crippen molar-refractivity contribution in [2.45, 2.75) is 51.2 Å². The first-order valence-corrected chi connectivity index (χ1v) is 7.22. The summed E-state index contributed by atoms with van der Waals surface area (Å²) < 4.78 is 5.65. The first kappa shape index (κ1) is 13.3. The van der Waals surface area contributed by atoms with E-state index in [1.54, 1.807) is 0 Å². The van der Waals surface area contributed by atoms with Gasteiger partial charge in [-0.3, -0.25) is 0 Å². The third-order valence-corrected chi connectivity index (χ3v) is 4.75. The summed E-state index contributed by atoms with van der Waals surface area (Å²) in [6, 6.07) is 0.641. The minimum Gasteiger partial charge on any atom is -0.377 e. The summed E-state index contributed by atoms with van der Waals surface area (Å²) in [6.07, 6.45) is 7.04. The second-order valence-electron chi connectivity index (χ2n) is 5.99. The van der Waals surface area contributed by atoms with Gasteiger partial charge in [0.25, 0.3) is 0 Å². The quantitative estimate of drug-likeness (QED) is 0.815. The normalized spacial score (nSPS) is 38.8. The maximum atomic E-state index is 5.74. The van der Waals surface area contributed by atoms with E-state index in [9.17, 15) is 0 Å². The number of likely N-dealkylation sites (N-methyl/N-ethyl adjacent to an activating group) is 1. The van der Waals surface area contributed by atoms with Gasteiger partial charge in [-0.1, -0.05) is 0 Å². The molecular weight excluding hydrogens is 212 g/mol. The van der Waals surface area contributed by atoms with Crippen molar-refractivity contribution in [3.05, 3.63) is 0 Å². The summed E-state index contributed by atoms with van der Waals surface area (Å²) in [4.78, 5) is 2.53. The minimum absolute atomic E-state index is 0.417. The van der Waals surface area contributed by atoms with E-state index in [4.69, 9.17) is 10.5 Å². The molecule has 17 heavy (non-hydrogen) atoms. The van der Waals surface area contributed by atoms with Gasteiger partial charge in [0, 0.05) is 19.2 Å². The van der Waals surface area contributed by atoms with Gasteiger partial charge in [-0.05, 0) is 64.5 Å². The molecule has 1 aliphatic heterocycles. The standard InChI is InChI=1S/C14H28N2O/c1-11-14(7-8-17-11)16(2)10-13-5-3-12(9-15)4-6-13/h11-14H,3-10,15H2,1-2H3. The van der Waals surface area contributed by atoms with E-state index in [-0.39, 0.29) is 0 Å². The Hall–Kier alpha value is -0.120. The second kappa shape index (κ2) is 6.17. The molecule has 3 nitrogen and oxygen atoms in total. The predicted octanol–water partition coefficient (Wildman–Crippen LogP) is 1.86. The zero-order valence-electron chi connectivity index (χ0n) is 11.4. The molecule has 1 saturated carbocycles. The van der Waals surface area contributed by atoms with Gasteiger partial charge in [0.1, 0.15) is 0 Å². The van der Waals surface area contributed by atoms with Gasteiger partial charge in [0.05, 0.1) is 6.10 Å². The third kappa shape index (κ3) is 3.43. The Morgan fingerprint density at radius 2 is 1.76 bits per heavy atom. The molecule has 2 atom stereocenters. The molecule has 2 N–H and O–H groups in total. The molecule has 2 aliphatic rings. The minimum atomic E-state index is 0.417. The highest BCUT2D eigenvalue weighted by atomic mass is 16.5. The van der Waals surface area contributed by atoms with Crippen molar-refractivity contribution in [1.29, 1.82) is 0 Å². The van der Waals surface area contributed by atoms with Gasteiger partial charge in [0.15, 0.2) is 0 Å². The largest absolute Gasteiger partial charge is 0.377 e. The molecule has 0 bridgehead atoms. The number of hydrogen-bond donors (Lipinski definition) is 1. The summed E-state index contributed by atoms with van der Waals surface area (Å²) in [5.74, 6) is 1.68. The zero-order chi connectivity index (χ0) is 12.3. The summed E-state index contributed by atoms with van der Waals surface area (Å²) in [5, 5.41) is 0. The topological polar surface area (TPSA) is 38.5 Å². The number of ether oxygens (including phenoxy) is 1. The van der Waals surface area contributed by atoms with Gasteiger partial charge < -0.3 is 15.4 Å². The lowest BCUT2D eigenvalue weighted by Gasteiger charge is -2.34.